The van der Waals surface area contributed by atoms with Crippen molar-refractivity contribution in [1.29, 1.82) is 0 Å². The third kappa shape index (κ3) is 5.42. The summed E-state index contributed by atoms with van der Waals surface area (Å²) in [6.07, 6.45) is 5.48. The topological polar surface area (TPSA) is 66.4 Å². The van der Waals surface area contributed by atoms with Gasteiger partial charge in [-0.15, -0.1) is 0 Å². The molecule has 1 unspecified atom stereocenters. The maximum Gasteiger partial charge on any atom is 0.328 e. The molecule has 0 saturated carbocycles. The predicted molar refractivity (Wildman–Crippen MR) is 84.3 cm³/mol. The lowest BCUT2D eigenvalue weighted by molar-refractivity contribution is -0.131. The van der Waals surface area contributed by atoms with Crippen molar-refractivity contribution in [3.05, 3.63) is 41.0 Å². The highest BCUT2D eigenvalue weighted by Crippen LogP contribution is 2.14. The second-order valence-corrected chi connectivity index (χ2v) is 5.11. The van der Waals surface area contributed by atoms with Gasteiger partial charge >= 0.3 is 5.97 Å². The number of carbonyl (C=O) groups excluding carboxylic acids is 1. The molecule has 1 aromatic carbocycles. The first kappa shape index (κ1) is 17.0. The molecule has 1 rings (SSSR count). The van der Waals surface area contributed by atoms with E-state index in [1.807, 2.05) is 13.0 Å². The SMILES string of the molecule is CCCC(CC)NC(=O)c1ccc(C)c(/C=C/C(=O)O)c1. The number of carboxylic acid groups (broad SMARTS) is 1. The Morgan fingerprint density at radius 2 is 2.05 bits per heavy atom. The summed E-state index contributed by atoms with van der Waals surface area (Å²) < 4.78 is 0. The molecule has 1 aromatic rings. The maximum absolute atomic E-state index is 12.2. The Hall–Kier alpha value is -2.10. The number of amides is 1. The van der Waals surface area contributed by atoms with Gasteiger partial charge in [0.25, 0.3) is 5.91 Å². The monoisotopic (exact) mass is 289 g/mol. The van der Waals surface area contributed by atoms with Gasteiger partial charge in [-0.05, 0) is 49.1 Å². The number of aryl methyl sites for hydroxylation is 1. The lowest BCUT2D eigenvalue weighted by Crippen LogP contribution is -2.34. The van der Waals surface area contributed by atoms with Crippen LogP contribution in [0.15, 0.2) is 24.3 Å². The Kier molecular flexibility index (Phi) is 6.66. The van der Waals surface area contributed by atoms with Crippen LogP contribution in [0.4, 0.5) is 0 Å². The van der Waals surface area contributed by atoms with Gasteiger partial charge in [0.2, 0.25) is 0 Å². The van der Waals surface area contributed by atoms with Gasteiger partial charge in [-0.3, -0.25) is 4.79 Å². The summed E-state index contributed by atoms with van der Waals surface area (Å²) in [5.41, 5.74) is 2.23. The van der Waals surface area contributed by atoms with Crippen LogP contribution < -0.4 is 5.32 Å². The largest absolute Gasteiger partial charge is 0.478 e. The van der Waals surface area contributed by atoms with Crippen molar-refractivity contribution in [2.24, 2.45) is 0 Å². The van der Waals surface area contributed by atoms with E-state index in [9.17, 15) is 9.59 Å². The molecule has 0 heterocycles. The molecule has 0 radical (unpaired) electrons. The molecule has 1 atom stereocenters. The van der Waals surface area contributed by atoms with Crippen molar-refractivity contribution in [1.82, 2.24) is 5.32 Å². The normalized spacial score (nSPS) is 12.3. The average Bonchev–Trinajstić information content (AvgIpc) is 2.45. The summed E-state index contributed by atoms with van der Waals surface area (Å²) in [5, 5.41) is 11.7. The second-order valence-electron chi connectivity index (χ2n) is 5.11. The van der Waals surface area contributed by atoms with Gasteiger partial charge in [0, 0.05) is 17.7 Å². The number of hydrogen-bond donors (Lipinski definition) is 2. The van der Waals surface area contributed by atoms with Gasteiger partial charge in [0.05, 0.1) is 0 Å². The summed E-state index contributed by atoms with van der Waals surface area (Å²) in [5.74, 6) is -1.11. The average molecular weight is 289 g/mol. The molecule has 0 aromatic heterocycles. The van der Waals surface area contributed by atoms with Crippen molar-refractivity contribution in [3.63, 3.8) is 0 Å². The molecule has 2 N–H and O–H groups in total. The van der Waals surface area contributed by atoms with E-state index >= 15 is 0 Å². The number of hydrogen-bond acceptors (Lipinski definition) is 2. The maximum atomic E-state index is 12.2. The van der Waals surface area contributed by atoms with Gasteiger partial charge in [0.15, 0.2) is 0 Å². The Bertz CT molecular complexity index is 535. The van der Waals surface area contributed by atoms with Crippen LogP contribution >= 0.6 is 0 Å². The van der Waals surface area contributed by atoms with Crippen LogP contribution in [0.3, 0.4) is 0 Å². The Labute approximate surface area is 125 Å². The van der Waals surface area contributed by atoms with Gasteiger partial charge in [-0.1, -0.05) is 26.3 Å². The van der Waals surface area contributed by atoms with E-state index in [1.54, 1.807) is 12.1 Å². The van der Waals surface area contributed by atoms with E-state index in [0.29, 0.717) is 5.56 Å². The zero-order chi connectivity index (χ0) is 15.8. The highest BCUT2D eigenvalue weighted by atomic mass is 16.4. The third-order valence-electron chi connectivity index (χ3n) is 3.41. The zero-order valence-electron chi connectivity index (χ0n) is 12.8. The highest BCUT2D eigenvalue weighted by molar-refractivity contribution is 5.95. The van der Waals surface area contributed by atoms with Gasteiger partial charge < -0.3 is 10.4 Å². The van der Waals surface area contributed by atoms with Gasteiger partial charge in [-0.25, -0.2) is 4.79 Å². The van der Waals surface area contributed by atoms with Gasteiger partial charge in [0.1, 0.15) is 0 Å². The quantitative estimate of drug-likeness (QED) is 0.756. The van der Waals surface area contributed by atoms with Crippen LogP contribution in [0.25, 0.3) is 6.08 Å². The van der Waals surface area contributed by atoms with Crippen LogP contribution in [0.5, 0.6) is 0 Å². The summed E-state index contributed by atoms with van der Waals surface area (Å²) in [4.78, 5) is 22.8. The van der Waals surface area contributed by atoms with Crippen molar-refractivity contribution >= 4 is 18.0 Å². The lowest BCUT2D eigenvalue weighted by Gasteiger charge is -2.16. The molecule has 114 valence electrons. The smallest absolute Gasteiger partial charge is 0.328 e. The minimum atomic E-state index is -1.00. The zero-order valence-corrected chi connectivity index (χ0v) is 12.8. The predicted octanol–water partition coefficient (Wildman–Crippen LogP) is 3.40. The minimum Gasteiger partial charge on any atom is -0.478 e. The number of carboxylic acids is 1. The Morgan fingerprint density at radius 3 is 2.62 bits per heavy atom. The highest BCUT2D eigenvalue weighted by Gasteiger charge is 2.12. The second kappa shape index (κ2) is 8.25. The van der Waals surface area contributed by atoms with E-state index in [-0.39, 0.29) is 11.9 Å². The first-order chi connectivity index (χ1) is 9.97. The minimum absolute atomic E-state index is 0.111. The van der Waals surface area contributed by atoms with E-state index in [2.05, 4.69) is 19.2 Å². The van der Waals surface area contributed by atoms with Crippen molar-refractivity contribution in [3.8, 4) is 0 Å². The molecule has 0 saturated heterocycles. The molecule has 4 nitrogen and oxygen atoms in total. The molecule has 0 fully saturated rings. The molecule has 21 heavy (non-hydrogen) atoms. The first-order valence-corrected chi connectivity index (χ1v) is 7.30. The molecule has 4 heteroatoms. The molecule has 0 bridgehead atoms. The van der Waals surface area contributed by atoms with Crippen LogP contribution in [0.2, 0.25) is 0 Å². The number of nitrogens with one attached hydrogen (secondary N) is 1. The van der Waals surface area contributed by atoms with Crippen LogP contribution in [0, 0.1) is 6.92 Å². The van der Waals surface area contributed by atoms with E-state index in [0.717, 1.165) is 36.5 Å². The van der Waals surface area contributed by atoms with Crippen molar-refractivity contribution in [2.75, 3.05) is 0 Å². The first-order valence-electron chi connectivity index (χ1n) is 7.30. The number of aliphatic carboxylic acids is 1. The van der Waals surface area contributed by atoms with Gasteiger partial charge in [-0.2, -0.15) is 0 Å². The molecule has 0 aliphatic heterocycles. The molecule has 0 aliphatic carbocycles. The van der Waals surface area contributed by atoms with E-state index in [4.69, 9.17) is 5.11 Å². The third-order valence-corrected chi connectivity index (χ3v) is 3.41. The fourth-order valence-corrected chi connectivity index (χ4v) is 2.12. The van der Waals surface area contributed by atoms with Crippen LogP contribution in [0.1, 0.15) is 54.6 Å². The summed E-state index contributed by atoms with van der Waals surface area (Å²) in [6, 6.07) is 5.50. The number of rotatable bonds is 7. The Morgan fingerprint density at radius 1 is 1.33 bits per heavy atom. The fraction of sp³-hybridized carbons (Fsp3) is 0.412. The molecular weight excluding hydrogens is 266 g/mol. The van der Waals surface area contributed by atoms with Crippen molar-refractivity contribution < 1.29 is 14.7 Å². The van der Waals surface area contributed by atoms with Crippen LogP contribution in [-0.4, -0.2) is 23.0 Å². The number of benzene rings is 1. The summed E-state index contributed by atoms with van der Waals surface area (Å²) in [7, 11) is 0. The molecular formula is C17H23NO3. The van der Waals surface area contributed by atoms with Crippen LogP contribution in [-0.2, 0) is 4.79 Å². The lowest BCUT2D eigenvalue weighted by atomic mass is 10.0. The standard InChI is InChI=1S/C17H23NO3/c1-4-6-15(5-2)18-17(21)14-8-7-12(3)13(11-14)9-10-16(19)20/h7-11,15H,4-6H2,1-3H3,(H,18,21)(H,19,20)/b10-9+. The fourth-order valence-electron chi connectivity index (χ4n) is 2.12. The molecule has 0 spiro atoms. The van der Waals surface area contributed by atoms with Crippen molar-refractivity contribution in [2.45, 2.75) is 46.1 Å². The summed E-state index contributed by atoms with van der Waals surface area (Å²) in [6.45, 7) is 6.03. The number of carbonyl (C=O) groups is 2. The Balaban J connectivity index is 2.90. The summed E-state index contributed by atoms with van der Waals surface area (Å²) >= 11 is 0. The van der Waals surface area contributed by atoms with E-state index in [1.165, 1.54) is 6.08 Å². The molecule has 0 aliphatic rings. The van der Waals surface area contributed by atoms with E-state index < -0.39 is 5.97 Å². The molecule has 1 amide bonds.